The first-order valence-electron chi connectivity index (χ1n) is 11.4. The number of carbonyl (C=O) groups excluding carboxylic acids is 3. The predicted molar refractivity (Wildman–Crippen MR) is 128 cm³/mol. The van der Waals surface area contributed by atoms with Crippen LogP contribution in [0.15, 0.2) is 48.8 Å². The summed E-state index contributed by atoms with van der Waals surface area (Å²) in [6, 6.07) is 8.40. The second-order valence-corrected chi connectivity index (χ2v) is 9.38. The van der Waals surface area contributed by atoms with Gasteiger partial charge in [0.15, 0.2) is 5.78 Å². The maximum Gasteiger partial charge on any atom is 0.337 e. The average Bonchev–Trinajstić information content (AvgIpc) is 3.40. The summed E-state index contributed by atoms with van der Waals surface area (Å²) in [4.78, 5) is 52.1. The Morgan fingerprint density at radius 3 is 2.51 bits per heavy atom. The van der Waals surface area contributed by atoms with Crippen molar-refractivity contribution >= 4 is 23.6 Å². The molecule has 0 bridgehead atoms. The number of Topliss-reactive ketones (excluding diaryl/α,β-unsaturated/α-hetero) is 1. The molecule has 4 unspecified atom stereocenters. The Balaban J connectivity index is 2.03. The molecule has 0 saturated carbocycles. The van der Waals surface area contributed by atoms with E-state index >= 15 is 0 Å². The Bertz CT molecular complexity index is 1080. The molecule has 1 aliphatic heterocycles. The number of ketones is 1. The predicted octanol–water partition coefficient (Wildman–Crippen LogP) is 0.965. The van der Waals surface area contributed by atoms with Gasteiger partial charge in [0, 0.05) is 30.8 Å². The van der Waals surface area contributed by atoms with E-state index < -0.39 is 41.4 Å². The SMILES string of the molecule is CN(C)CCC1OCC(=O)C1NC(=O)C(n1ccc(C(=O)O)c1)C(C)(CC(N)=O)c1ccccc1. The van der Waals surface area contributed by atoms with E-state index in [1.54, 1.807) is 31.2 Å². The van der Waals surface area contributed by atoms with Gasteiger partial charge in [-0.05, 0) is 32.1 Å². The molecule has 1 aromatic carbocycles. The van der Waals surface area contributed by atoms with Crippen LogP contribution in [0.4, 0.5) is 0 Å². The zero-order valence-corrected chi connectivity index (χ0v) is 20.1. The number of aromatic carboxylic acids is 1. The molecule has 10 nitrogen and oxygen atoms in total. The van der Waals surface area contributed by atoms with Gasteiger partial charge in [0.05, 0.1) is 11.7 Å². The molecule has 0 aliphatic carbocycles. The monoisotopic (exact) mass is 484 g/mol. The highest BCUT2D eigenvalue weighted by atomic mass is 16.5. The van der Waals surface area contributed by atoms with Crippen LogP contribution < -0.4 is 11.1 Å². The van der Waals surface area contributed by atoms with Gasteiger partial charge in [-0.25, -0.2) is 4.79 Å². The van der Waals surface area contributed by atoms with E-state index in [1.807, 2.05) is 25.1 Å². The summed E-state index contributed by atoms with van der Waals surface area (Å²) in [5.74, 6) is -2.55. The van der Waals surface area contributed by atoms with Crippen molar-refractivity contribution in [1.82, 2.24) is 14.8 Å². The molecule has 2 aromatic rings. The number of hydrogen-bond acceptors (Lipinski definition) is 6. The molecule has 0 radical (unpaired) electrons. The second-order valence-electron chi connectivity index (χ2n) is 9.38. The van der Waals surface area contributed by atoms with Gasteiger partial charge in [0.25, 0.3) is 0 Å². The highest BCUT2D eigenvalue weighted by Crippen LogP contribution is 2.39. The number of carboxylic acids is 1. The molecule has 4 atom stereocenters. The molecule has 0 spiro atoms. The number of rotatable bonds is 11. The van der Waals surface area contributed by atoms with Crippen LogP contribution in [0.1, 0.15) is 41.7 Å². The van der Waals surface area contributed by atoms with E-state index in [-0.39, 0.29) is 24.4 Å². The first-order chi connectivity index (χ1) is 16.5. The molecular weight excluding hydrogens is 452 g/mol. The molecule has 2 amide bonds. The standard InChI is InChI=1S/C25H32N4O6/c1-25(13-20(26)31,17-7-5-4-6-8-17)22(29-12-9-16(14-29)24(33)34)23(32)27-21-18(30)15-35-19(21)10-11-28(2)3/h4-9,12,14,19,21-22H,10-11,13,15H2,1-3H3,(H2,26,31)(H,27,32)(H,33,34). The number of carbonyl (C=O) groups is 4. The topological polar surface area (TPSA) is 144 Å². The number of carboxylic acid groups (broad SMARTS) is 1. The first-order valence-corrected chi connectivity index (χ1v) is 11.4. The van der Waals surface area contributed by atoms with Crippen molar-refractivity contribution in [3.63, 3.8) is 0 Å². The lowest BCUT2D eigenvalue weighted by Crippen LogP contribution is -2.52. The quantitative estimate of drug-likeness (QED) is 0.431. The van der Waals surface area contributed by atoms with Crippen molar-refractivity contribution in [1.29, 1.82) is 0 Å². The van der Waals surface area contributed by atoms with Gasteiger partial charge in [0.2, 0.25) is 11.8 Å². The molecule has 3 rings (SSSR count). The Kier molecular flexibility index (Phi) is 8.08. The normalized spacial score (nSPS) is 20.4. The summed E-state index contributed by atoms with van der Waals surface area (Å²) < 4.78 is 7.10. The lowest BCUT2D eigenvalue weighted by atomic mass is 9.72. The average molecular weight is 485 g/mol. The molecule has 4 N–H and O–H groups in total. The van der Waals surface area contributed by atoms with Gasteiger partial charge < -0.3 is 30.4 Å². The minimum absolute atomic E-state index is 0.0126. The molecule has 188 valence electrons. The fraction of sp³-hybridized carbons (Fsp3) is 0.440. The molecular formula is C25H32N4O6. The highest BCUT2D eigenvalue weighted by molar-refractivity contribution is 5.94. The Morgan fingerprint density at radius 2 is 1.94 bits per heavy atom. The zero-order valence-electron chi connectivity index (χ0n) is 20.1. The van der Waals surface area contributed by atoms with Gasteiger partial charge in [-0.2, -0.15) is 0 Å². The van der Waals surface area contributed by atoms with Crippen molar-refractivity contribution in [2.45, 2.75) is 43.4 Å². The zero-order chi connectivity index (χ0) is 25.8. The van der Waals surface area contributed by atoms with Gasteiger partial charge in [0.1, 0.15) is 18.7 Å². The maximum atomic E-state index is 13.9. The molecule has 1 fully saturated rings. The summed E-state index contributed by atoms with van der Waals surface area (Å²) in [5, 5.41) is 12.3. The second kappa shape index (κ2) is 10.8. The van der Waals surface area contributed by atoms with Crippen LogP contribution in [0.25, 0.3) is 0 Å². The van der Waals surface area contributed by atoms with Crippen molar-refractivity contribution in [3.05, 3.63) is 59.9 Å². The molecule has 1 aromatic heterocycles. The van der Waals surface area contributed by atoms with E-state index in [1.165, 1.54) is 23.0 Å². The lowest BCUT2D eigenvalue weighted by Gasteiger charge is -2.38. The number of primary amides is 1. The van der Waals surface area contributed by atoms with E-state index in [4.69, 9.17) is 10.5 Å². The van der Waals surface area contributed by atoms with Gasteiger partial charge in [-0.15, -0.1) is 0 Å². The van der Waals surface area contributed by atoms with Crippen molar-refractivity contribution in [3.8, 4) is 0 Å². The van der Waals surface area contributed by atoms with Gasteiger partial charge >= 0.3 is 5.97 Å². The third kappa shape index (κ3) is 5.95. The number of benzene rings is 1. The van der Waals surface area contributed by atoms with Gasteiger partial charge in [-0.1, -0.05) is 37.3 Å². The number of ether oxygens (including phenoxy) is 1. The van der Waals surface area contributed by atoms with Crippen LogP contribution in [-0.2, 0) is 24.5 Å². The third-order valence-electron chi connectivity index (χ3n) is 6.40. The smallest absolute Gasteiger partial charge is 0.337 e. The first kappa shape index (κ1) is 26.1. The molecule has 1 saturated heterocycles. The fourth-order valence-electron chi connectivity index (χ4n) is 4.61. The number of nitrogens with one attached hydrogen (secondary N) is 1. The Labute approximate surface area is 204 Å². The summed E-state index contributed by atoms with van der Waals surface area (Å²) >= 11 is 0. The van der Waals surface area contributed by atoms with Crippen LogP contribution in [-0.4, -0.2) is 77.5 Å². The van der Waals surface area contributed by atoms with Crippen LogP contribution >= 0.6 is 0 Å². The van der Waals surface area contributed by atoms with Crippen LogP contribution in [0.3, 0.4) is 0 Å². The van der Waals surface area contributed by atoms with Crippen LogP contribution in [0.2, 0.25) is 0 Å². The molecule has 2 heterocycles. The molecule has 10 heteroatoms. The minimum Gasteiger partial charge on any atom is -0.478 e. The number of nitrogens with zero attached hydrogens (tertiary/aromatic N) is 2. The van der Waals surface area contributed by atoms with Crippen molar-refractivity contribution in [2.24, 2.45) is 5.73 Å². The van der Waals surface area contributed by atoms with Crippen molar-refractivity contribution in [2.75, 3.05) is 27.2 Å². The van der Waals surface area contributed by atoms with Gasteiger partial charge in [-0.3, -0.25) is 14.4 Å². The summed E-state index contributed by atoms with van der Waals surface area (Å²) in [7, 11) is 3.81. The largest absolute Gasteiger partial charge is 0.478 e. The summed E-state index contributed by atoms with van der Waals surface area (Å²) in [6.07, 6.45) is 2.68. The van der Waals surface area contributed by atoms with Crippen LogP contribution in [0.5, 0.6) is 0 Å². The molecule has 35 heavy (non-hydrogen) atoms. The Morgan fingerprint density at radius 1 is 1.26 bits per heavy atom. The lowest BCUT2D eigenvalue weighted by molar-refractivity contribution is -0.131. The number of hydrogen-bond donors (Lipinski definition) is 3. The Hall–Kier alpha value is -3.50. The summed E-state index contributed by atoms with van der Waals surface area (Å²) in [6.45, 7) is 2.29. The van der Waals surface area contributed by atoms with Crippen LogP contribution in [0, 0.1) is 0 Å². The summed E-state index contributed by atoms with van der Waals surface area (Å²) in [5.41, 5.74) is 5.12. The fourth-order valence-corrected chi connectivity index (χ4v) is 4.61. The number of amides is 2. The number of nitrogens with two attached hydrogens (primary N) is 1. The number of aromatic nitrogens is 1. The van der Waals surface area contributed by atoms with Crippen molar-refractivity contribution < 1.29 is 29.0 Å². The third-order valence-corrected chi connectivity index (χ3v) is 6.40. The van der Waals surface area contributed by atoms with E-state index in [9.17, 15) is 24.3 Å². The van der Waals surface area contributed by atoms with E-state index in [2.05, 4.69) is 5.32 Å². The highest BCUT2D eigenvalue weighted by Gasteiger charge is 2.46. The molecule has 1 aliphatic rings. The minimum atomic E-state index is -1.15. The van der Waals surface area contributed by atoms with E-state index in [0.717, 1.165) is 0 Å². The maximum absolute atomic E-state index is 13.9. The van der Waals surface area contributed by atoms with E-state index in [0.29, 0.717) is 18.5 Å².